The zero-order valence-corrected chi connectivity index (χ0v) is 12.0. The summed E-state index contributed by atoms with van der Waals surface area (Å²) in [4.78, 5) is 11.9. The summed E-state index contributed by atoms with van der Waals surface area (Å²) in [6.45, 7) is 0.734. The molecule has 0 radical (unpaired) electrons. The van der Waals surface area contributed by atoms with Crippen LogP contribution in [-0.2, 0) is 13.0 Å². The van der Waals surface area contributed by atoms with Crippen LogP contribution in [0.15, 0.2) is 48.5 Å². The van der Waals surface area contributed by atoms with Gasteiger partial charge in [0.15, 0.2) is 0 Å². The molecule has 2 aromatic carbocycles. The monoisotopic (exact) mass is 300 g/mol. The second kappa shape index (κ2) is 6.47. The van der Waals surface area contributed by atoms with Crippen molar-refractivity contribution in [2.45, 2.75) is 19.0 Å². The molecule has 1 aliphatic rings. The maximum absolute atomic E-state index is 13.1. The molecule has 0 aromatic heterocycles. The second-order valence-corrected chi connectivity index (χ2v) is 5.28. The van der Waals surface area contributed by atoms with Crippen LogP contribution in [0.1, 0.15) is 11.1 Å². The third-order valence-corrected chi connectivity index (χ3v) is 3.56. The Kier molecular flexibility index (Phi) is 4.23. The highest BCUT2D eigenvalue weighted by Gasteiger charge is 2.20. The summed E-state index contributed by atoms with van der Waals surface area (Å²) in [5.74, 6) is 0.567. The highest BCUT2D eigenvalue weighted by molar-refractivity contribution is 5.74. The van der Waals surface area contributed by atoms with Crippen molar-refractivity contribution >= 4 is 6.03 Å². The van der Waals surface area contributed by atoms with Gasteiger partial charge in [-0.2, -0.15) is 0 Å². The van der Waals surface area contributed by atoms with Crippen LogP contribution in [0.4, 0.5) is 9.18 Å². The molecule has 0 aliphatic carbocycles. The van der Waals surface area contributed by atoms with E-state index in [4.69, 9.17) is 4.74 Å². The van der Waals surface area contributed by atoms with Gasteiger partial charge < -0.3 is 15.4 Å². The van der Waals surface area contributed by atoms with Crippen molar-refractivity contribution in [1.82, 2.24) is 10.6 Å². The van der Waals surface area contributed by atoms with Crippen LogP contribution in [0.3, 0.4) is 0 Å². The lowest BCUT2D eigenvalue weighted by Gasteiger charge is -2.26. The second-order valence-electron chi connectivity index (χ2n) is 5.28. The standard InChI is InChI=1S/C17H17FN2O2/c18-14-6-3-4-12(8-14)10-19-17(21)20-15-9-13-5-1-2-7-16(13)22-11-15/h1-8,15H,9-11H2,(H2,19,20,21)/t15-/m1/s1. The van der Waals surface area contributed by atoms with E-state index in [-0.39, 0.29) is 24.4 Å². The Bertz CT molecular complexity index is 675. The molecule has 1 heterocycles. The normalized spacial score (nSPS) is 16.3. The predicted molar refractivity (Wildman–Crippen MR) is 81.2 cm³/mol. The molecule has 0 saturated heterocycles. The lowest BCUT2D eigenvalue weighted by atomic mass is 10.0. The highest BCUT2D eigenvalue weighted by atomic mass is 19.1. The van der Waals surface area contributed by atoms with Crippen LogP contribution in [0.25, 0.3) is 0 Å². The highest BCUT2D eigenvalue weighted by Crippen LogP contribution is 2.23. The Balaban J connectivity index is 1.50. The molecule has 22 heavy (non-hydrogen) atoms. The third kappa shape index (κ3) is 3.55. The number of halogens is 1. The first-order chi connectivity index (χ1) is 10.7. The predicted octanol–water partition coefficient (Wildman–Crippen LogP) is 2.63. The van der Waals surface area contributed by atoms with E-state index in [1.54, 1.807) is 12.1 Å². The number of para-hydroxylation sites is 1. The van der Waals surface area contributed by atoms with Crippen LogP contribution in [-0.4, -0.2) is 18.7 Å². The molecule has 4 nitrogen and oxygen atoms in total. The molecule has 0 saturated carbocycles. The van der Waals surface area contributed by atoms with E-state index < -0.39 is 0 Å². The fraction of sp³-hybridized carbons (Fsp3) is 0.235. The first-order valence-electron chi connectivity index (χ1n) is 7.20. The van der Waals surface area contributed by atoms with Crippen molar-refractivity contribution in [3.63, 3.8) is 0 Å². The van der Waals surface area contributed by atoms with Gasteiger partial charge in [-0.1, -0.05) is 30.3 Å². The van der Waals surface area contributed by atoms with Gasteiger partial charge in [0.25, 0.3) is 0 Å². The van der Waals surface area contributed by atoms with E-state index in [2.05, 4.69) is 10.6 Å². The molecule has 0 spiro atoms. The van der Waals surface area contributed by atoms with E-state index in [0.29, 0.717) is 6.61 Å². The molecule has 2 amide bonds. The Labute approximate surface area is 128 Å². The number of benzene rings is 2. The molecule has 3 rings (SSSR count). The van der Waals surface area contributed by atoms with Crippen LogP contribution < -0.4 is 15.4 Å². The summed E-state index contributed by atoms with van der Waals surface area (Å²) >= 11 is 0. The number of rotatable bonds is 3. The molecule has 2 N–H and O–H groups in total. The van der Waals surface area contributed by atoms with Crippen molar-refractivity contribution in [3.05, 3.63) is 65.5 Å². The molecule has 1 aliphatic heterocycles. The Morgan fingerprint density at radius 1 is 1.23 bits per heavy atom. The van der Waals surface area contributed by atoms with E-state index in [9.17, 15) is 9.18 Å². The maximum atomic E-state index is 13.1. The molecular formula is C17H17FN2O2. The number of nitrogens with one attached hydrogen (secondary N) is 2. The van der Waals surface area contributed by atoms with E-state index in [1.165, 1.54) is 12.1 Å². The SMILES string of the molecule is O=C(NCc1cccc(F)c1)N[C@H]1COc2ccccc2C1. The minimum atomic E-state index is -0.308. The quantitative estimate of drug-likeness (QED) is 0.915. The summed E-state index contributed by atoms with van der Waals surface area (Å²) in [6.07, 6.45) is 0.740. The molecule has 1 atom stereocenters. The van der Waals surface area contributed by atoms with Crippen LogP contribution >= 0.6 is 0 Å². The first-order valence-corrected chi connectivity index (χ1v) is 7.20. The smallest absolute Gasteiger partial charge is 0.315 e. The van der Waals surface area contributed by atoms with Crippen LogP contribution in [0.5, 0.6) is 5.75 Å². The number of ether oxygens (including phenoxy) is 1. The number of hydrogen-bond donors (Lipinski definition) is 2. The van der Waals surface area contributed by atoms with Gasteiger partial charge in [0, 0.05) is 6.54 Å². The minimum Gasteiger partial charge on any atom is -0.491 e. The maximum Gasteiger partial charge on any atom is 0.315 e. The average Bonchev–Trinajstić information content (AvgIpc) is 2.53. The minimum absolute atomic E-state index is 0.0672. The average molecular weight is 300 g/mol. The summed E-state index contributed by atoms with van der Waals surface area (Å²) in [5.41, 5.74) is 1.81. The van der Waals surface area contributed by atoms with Gasteiger partial charge in [0.05, 0.1) is 6.04 Å². The molecule has 2 aromatic rings. The molecule has 0 fully saturated rings. The Morgan fingerprint density at radius 3 is 2.95 bits per heavy atom. The van der Waals surface area contributed by atoms with Crippen molar-refractivity contribution < 1.29 is 13.9 Å². The van der Waals surface area contributed by atoms with Crippen LogP contribution in [0.2, 0.25) is 0 Å². The van der Waals surface area contributed by atoms with Crippen LogP contribution in [0, 0.1) is 5.82 Å². The van der Waals surface area contributed by atoms with Crippen molar-refractivity contribution in [3.8, 4) is 5.75 Å². The number of hydrogen-bond acceptors (Lipinski definition) is 2. The Hall–Kier alpha value is -2.56. The third-order valence-electron chi connectivity index (χ3n) is 3.56. The topological polar surface area (TPSA) is 50.4 Å². The lowest BCUT2D eigenvalue weighted by molar-refractivity contribution is 0.214. The summed E-state index contributed by atoms with van der Waals surface area (Å²) in [6, 6.07) is 13.6. The van der Waals surface area contributed by atoms with Gasteiger partial charge in [0.2, 0.25) is 0 Å². The zero-order valence-electron chi connectivity index (χ0n) is 12.0. The van der Waals surface area contributed by atoms with Crippen molar-refractivity contribution in [2.24, 2.45) is 0 Å². The van der Waals surface area contributed by atoms with Gasteiger partial charge in [-0.3, -0.25) is 0 Å². The van der Waals surface area contributed by atoms with Crippen molar-refractivity contribution in [1.29, 1.82) is 0 Å². The number of amides is 2. The van der Waals surface area contributed by atoms with Gasteiger partial charge in [-0.15, -0.1) is 0 Å². The summed E-state index contributed by atoms with van der Waals surface area (Å²) in [7, 11) is 0. The molecular weight excluding hydrogens is 283 g/mol. The van der Waals surface area contributed by atoms with Crippen molar-refractivity contribution in [2.75, 3.05) is 6.61 Å². The van der Waals surface area contributed by atoms with Gasteiger partial charge >= 0.3 is 6.03 Å². The number of carbonyl (C=O) groups is 1. The van der Waals surface area contributed by atoms with E-state index in [0.717, 1.165) is 23.3 Å². The zero-order chi connectivity index (χ0) is 15.4. The molecule has 5 heteroatoms. The summed E-state index contributed by atoms with van der Waals surface area (Å²) in [5, 5.41) is 5.60. The molecule has 0 unspecified atom stereocenters. The lowest BCUT2D eigenvalue weighted by Crippen LogP contribution is -2.47. The van der Waals surface area contributed by atoms with E-state index >= 15 is 0 Å². The molecule has 0 bridgehead atoms. The van der Waals surface area contributed by atoms with Gasteiger partial charge in [-0.05, 0) is 35.7 Å². The Morgan fingerprint density at radius 2 is 2.09 bits per heavy atom. The van der Waals surface area contributed by atoms with Gasteiger partial charge in [-0.25, -0.2) is 9.18 Å². The van der Waals surface area contributed by atoms with E-state index in [1.807, 2.05) is 24.3 Å². The molecule has 114 valence electrons. The van der Waals surface area contributed by atoms with Gasteiger partial charge in [0.1, 0.15) is 18.2 Å². The number of carbonyl (C=O) groups excluding carboxylic acids is 1. The number of fused-ring (bicyclic) bond motifs is 1. The summed E-state index contributed by atoms with van der Waals surface area (Å²) < 4.78 is 18.7. The fourth-order valence-corrected chi connectivity index (χ4v) is 2.49. The fourth-order valence-electron chi connectivity index (χ4n) is 2.49. The number of urea groups is 1. The first kappa shape index (κ1) is 14.4. The largest absolute Gasteiger partial charge is 0.491 e.